The summed E-state index contributed by atoms with van der Waals surface area (Å²) in [7, 11) is 0. The molecule has 0 fully saturated rings. The third-order valence-electron chi connectivity index (χ3n) is 4.66. The van der Waals surface area contributed by atoms with E-state index in [0.29, 0.717) is 17.1 Å². The monoisotopic (exact) mass is 398 g/mol. The van der Waals surface area contributed by atoms with Crippen LogP contribution in [0.25, 0.3) is 22.1 Å². The lowest BCUT2D eigenvalue weighted by Gasteiger charge is -2.05. The van der Waals surface area contributed by atoms with Crippen LogP contribution in [-0.2, 0) is 11.2 Å². The zero-order valence-corrected chi connectivity index (χ0v) is 15.9. The second kappa shape index (κ2) is 8.45. The third-order valence-corrected chi connectivity index (χ3v) is 4.66. The molecule has 4 aromatic rings. The highest BCUT2D eigenvalue weighted by molar-refractivity contribution is 5.95. The fourth-order valence-electron chi connectivity index (χ4n) is 3.28. The number of benzene rings is 3. The first kappa shape index (κ1) is 19.1. The number of carbonyl (C=O) groups excluding carboxylic acids is 1. The lowest BCUT2D eigenvalue weighted by molar-refractivity contribution is -0.120. The predicted octanol–water partition coefficient (Wildman–Crippen LogP) is 4.49. The Bertz CT molecular complexity index is 1250. The molecule has 0 aliphatic heterocycles. The maximum Gasteiger partial charge on any atom is 0.336 e. The molecule has 0 atom stereocenters. The van der Waals surface area contributed by atoms with Crippen LogP contribution < -0.4 is 5.43 Å². The Morgan fingerprint density at radius 3 is 2.57 bits per heavy atom. The molecule has 0 spiro atoms. The van der Waals surface area contributed by atoms with Crippen molar-refractivity contribution >= 4 is 28.9 Å². The highest BCUT2D eigenvalue weighted by atomic mass is 16.4. The summed E-state index contributed by atoms with van der Waals surface area (Å²) in [6.45, 7) is 0. The van der Waals surface area contributed by atoms with Crippen molar-refractivity contribution in [3.05, 3.63) is 95.7 Å². The Balaban J connectivity index is 1.43. The van der Waals surface area contributed by atoms with Gasteiger partial charge in [0.2, 0.25) is 5.91 Å². The van der Waals surface area contributed by atoms with Gasteiger partial charge in [-0.2, -0.15) is 5.10 Å². The largest absolute Gasteiger partial charge is 0.478 e. The number of carboxylic acids is 1. The molecule has 3 aromatic carbocycles. The molecule has 1 aromatic heterocycles. The average molecular weight is 398 g/mol. The number of hydrogen-bond donors (Lipinski definition) is 2. The number of aromatic carboxylic acids is 1. The number of nitrogens with one attached hydrogen (secondary N) is 1. The summed E-state index contributed by atoms with van der Waals surface area (Å²) in [6.07, 6.45) is 1.59. The second-order valence-electron chi connectivity index (χ2n) is 6.66. The summed E-state index contributed by atoms with van der Waals surface area (Å²) >= 11 is 0. The van der Waals surface area contributed by atoms with Gasteiger partial charge in [0, 0.05) is 5.56 Å². The molecule has 0 aliphatic carbocycles. The second-order valence-corrected chi connectivity index (χ2v) is 6.66. The molecule has 0 aliphatic rings. The number of carbonyl (C=O) groups is 2. The van der Waals surface area contributed by atoms with Gasteiger partial charge in [0.15, 0.2) is 0 Å². The van der Waals surface area contributed by atoms with E-state index in [2.05, 4.69) is 10.5 Å². The number of rotatable bonds is 6. The van der Waals surface area contributed by atoms with Gasteiger partial charge < -0.3 is 9.52 Å². The molecule has 0 unspecified atom stereocenters. The Morgan fingerprint density at radius 1 is 0.933 bits per heavy atom. The van der Waals surface area contributed by atoms with Gasteiger partial charge in [-0.05, 0) is 34.5 Å². The Kier molecular flexibility index (Phi) is 5.39. The predicted molar refractivity (Wildman–Crippen MR) is 114 cm³/mol. The standard InChI is InChI=1S/C24H18N2O4/c27-23(14-17-8-5-7-16-6-1-2-9-19(16)17)26-25-15-18-12-13-22(30-18)20-10-3-4-11-21(20)24(28)29/h1-13,15H,14H2,(H,26,27)(H,28,29). The molecule has 0 bridgehead atoms. The molecule has 1 amide bonds. The highest BCUT2D eigenvalue weighted by Crippen LogP contribution is 2.25. The third kappa shape index (κ3) is 4.12. The molecule has 2 N–H and O–H groups in total. The minimum Gasteiger partial charge on any atom is -0.478 e. The van der Waals surface area contributed by atoms with Crippen molar-refractivity contribution in [2.75, 3.05) is 0 Å². The van der Waals surface area contributed by atoms with Crippen LogP contribution in [0.2, 0.25) is 0 Å². The lowest BCUT2D eigenvalue weighted by Crippen LogP contribution is -2.19. The summed E-state index contributed by atoms with van der Waals surface area (Å²) in [5.41, 5.74) is 4.05. The quantitative estimate of drug-likeness (QED) is 0.370. The lowest BCUT2D eigenvalue weighted by atomic mass is 10.0. The van der Waals surface area contributed by atoms with Gasteiger partial charge in [-0.25, -0.2) is 10.2 Å². The van der Waals surface area contributed by atoms with Gasteiger partial charge >= 0.3 is 5.97 Å². The van der Waals surface area contributed by atoms with Crippen molar-refractivity contribution in [3.8, 4) is 11.3 Å². The molecular formula is C24H18N2O4. The van der Waals surface area contributed by atoms with Gasteiger partial charge in [0.05, 0.1) is 18.2 Å². The molecule has 6 nitrogen and oxygen atoms in total. The minimum atomic E-state index is -1.03. The molecule has 30 heavy (non-hydrogen) atoms. The molecule has 0 saturated heterocycles. The van der Waals surface area contributed by atoms with Crippen LogP contribution in [0.3, 0.4) is 0 Å². The topological polar surface area (TPSA) is 91.9 Å². The van der Waals surface area contributed by atoms with Crippen LogP contribution in [0.5, 0.6) is 0 Å². The van der Waals surface area contributed by atoms with Crippen molar-refractivity contribution < 1.29 is 19.1 Å². The van der Waals surface area contributed by atoms with Crippen LogP contribution in [0.15, 0.2) is 88.4 Å². The van der Waals surface area contributed by atoms with E-state index in [1.54, 1.807) is 30.3 Å². The summed E-state index contributed by atoms with van der Waals surface area (Å²) < 4.78 is 5.65. The van der Waals surface area contributed by atoms with E-state index in [9.17, 15) is 14.7 Å². The SMILES string of the molecule is O=C(Cc1cccc2ccccc12)NN=Cc1ccc(-c2ccccc2C(=O)O)o1. The molecular weight excluding hydrogens is 380 g/mol. The van der Waals surface area contributed by atoms with Crippen LogP contribution in [0.1, 0.15) is 21.7 Å². The summed E-state index contributed by atoms with van der Waals surface area (Å²) in [6, 6.07) is 23.7. The van der Waals surface area contributed by atoms with Gasteiger partial charge in [-0.1, -0.05) is 60.7 Å². The van der Waals surface area contributed by atoms with Gasteiger partial charge in [0.1, 0.15) is 11.5 Å². The van der Waals surface area contributed by atoms with Crippen molar-refractivity contribution in [2.24, 2.45) is 5.10 Å². The summed E-state index contributed by atoms with van der Waals surface area (Å²) in [5, 5.41) is 15.4. The van der Waals surface area contributed by atoms with Crippen molar-refractivity contribution in [1.29, 1.82) is 0 Å². The smallest absolute Gasteiger partial charge is 0.336 e. The van der Waals surface area contributed by atoms with E-state index in [1.807, 2.05) is 42.5 Å². The van der Waals surface area contributed by atoms with Crippen LogP contribution in [0.4, 0.5) is 0 Å². The van der Waals surface area contributed by atoms with E-state index < -0.39 is 5.97 Å². The van der Waals surface area contributed by atoms with Crippen molar-refractivity contribution in [1.82, 2.24) is 5.43 Å². The molecule has 0 radical (unpaired) electrons. The maximum atomic E-state index is 12.3. The minimum absolute atomic E-state index is 0.152. The molecule has 0 saturated carbocycles. The first-order chi connectivity index (χ1) is 14.6. The normalized spacial score (nSPS) is 11.1. The van der Waals surface area contributed by atoms with Crippen LogP contribution in [0, 0.1) is 0 Å². The molecule has 6 heteroatoms. The number of amides is 1. The Labute approximate surface area is 172 Å². The van der Waals surface area contributed by atoms with Gasteiger partial charge in [-0.15, -0.1) is 0 Å². The zero-order chi connectivity index (χ0) is 20.9. The fourth-order valence-corrected chi connectivity index (χ4v) is 3.28. The van der Waals surface area contributed by atoms with Crippen LogP contribution >= 0.6 is 0 Å². The van der Waals surface area contributed by atoms with Gasteiger partial charge in [0.25, 0.3) is 0 Å². The first-order valence-corrected chi connectivity index (χ1v) is 9.33. The van der Waals surface area contributed by atoms with Crippen molar-refractivity contribution in [3.63, 3.8) is 0 Å². The van der Waals surface area contributed by atoms with Crippen molar-refractivity contribution in [2.45, 2.75) is 6.42 Å². The Hall–Kier alpha value is -4.19. The molecule has 1 heterocycles. The maximum absolute atomic E-state index is 12.3. The van der Waals surface area contributed by atoms with E-state index >= 15 is 0 Å². The van der Waals surface area contributed by atoms with Crippen LogP contribution in [-0.4, -0.2) is 23.2 Å². The summed E-state index contributed by atoms with van der Waals surface area (Å²) in [5.74, 6) is -0.462. The average Bonchev–Trinajstić information content (AvgIpc) is 3.23. The molecule has 148 valence electrons. The Morgan fingerprint density at radius 2 is 1.70 bits per heavy atom. The fraction of sp³-hybridized carbons (Fsp3) is 0.0417. The number of fused-ring (bicyclic) bond motifs is 1. The number of carboxylic acid groups (broad SMARTS) is 1. The number of nitrogens with zero attached hydrogens (tertiary/aromatic N) is 1. The summed E-state index contributed by atoms with van der Waals surface area (Å²) in [4.78, 5) is 23.6. The zero-order valence-electron chi connectivity index (χ0n) is 15.9. The van der Waals surface area contributed by atoms with E-state index in [4.69, 9.17) is 4.42 Å². The van der Waals surface area contributed by atoms with E-state index in [-0.39, 0.29) is 17.9 Å². The number of hydrazone groups is 1. The van der Waals surface area contributed by atoms with Gasteiger partial charge in [-0.3, -0.25) is 4.79 Å². The van der Waals surface area contributed by atoms with E-state index in [1.165, 1.54) is 12.3 Å². The number of furan rings is 1. The molecule has 4 rings (SSSR count). The van der Waals surface area contributed by atoms with E-state index in [0.717, 1.165) is 16.3 Å². The number of hydrogen-bond acceptors (Lipinski definition) is 4. The first-order valence-electron chi connectivity index (χ1n) is 9.33. The highest BCUT2D eigenvalue weighted by Gasteiger charge is 2.13.